The number of hydrogen-bond donors (Lipinski definition) is 1. The monoisotopic (exact) mass is 295 g/mol. The molecular weight excluding hydrogens is 270 g/mol. The molecule has 1 aromatic heterocycles. The average molecular weight is 295 g/mol. The van der Waals surface area contributed by atoms with Crippen molar-refractivity contribution < 1.29 is 4.79 Å². The predicted octanol–water partition coefficient (Wildman–Crippen LogP) is 2.30. The minimum atomic E-state index is -0.444. The molecule has 4 nitrogen and oxygen atoms in total. The zero-order chi connectivity index (χ0) is 14.9. The molecule has 112 valence electrons. The molecular formula is C15H25N3OS. The van der Waals surface area contributed by atoms with E-state index in [4.69, 9.17) is 0 Å². The maximum atomic E-state index is 12.8. The molecule has 1 fully saturated rings. The largest absolute Gasteiger partial charge is 0.319 e. The van der Waals surface area contributed by atoms with Crippen molar-refractivity contribution in [3.63, 3.8) is 0 Å². The Kier molecular flexibility index (Phi) is 4.52. The lowest BCUT2D eigenvalue weighted by atomic mass is 9.99. The quantitative estimate of drug-likeness (QED) is 0.905. The van der Waals surface area contributed by atoms with Crippen molar-refractivity contribution in [2.45, 2.75) is 44.9 Å². The van der Waals surface area contributed by atoms with E-state index < -0.39 is 5.54 Å². The summed E-state index contributed by atoms with van der Waals surface area (Å²) in [5.74, 6) is 0.215. The summed E-state index contributed by atoms with van der Waals surface area (Å²) in [7, 11) is 4.11. The topological polar surface area (TPSA) is 35.6 Å². The highest BCUT2D eigenvalue weighted by Gasteiger charge is 2.47. The van der Waals surface area contributed by atoms with E-state index in [9.17, 15) is 4.79 Å². The Bertz CT molecular complexity index is 460. The van der Waals surface area contributed by atoms with E-state index in [2.05, 4.69) is 49.6 Å². The van der Waals surface area contributed by atoms with Gasteiger partial charge >= 0.3 is 0 Å². The van der Waals surface area contributed by atoms with Crippen molar-refractivity contribution in [3.8, 4) is 0 Å². The van der Waals surface area contributed by atoms with E-state index in [0.29, 0.717) is 6.04 Å². The maximum absolute atomic E-state index is 12.8. The first kappa shape index (κ1) is 15.5. The average Bonchev–Trinajstić information content (AvgIpc) is 3.01. The lowest BCUT2D eigenvalue weighted by Gasteiger charge is -2.29. The summed E-state index contributed by atoms with van der Waals surface area (Å²) in [6, 6.07) is 4.48. The highest BCUT2D eigenvalue weighted by atomic mass is 32.1. The zero-order valence-electron chi connectivity index (χ0n) is 13.0. The third-order valence-corrected chi connectivity index (χ3v) is 5.29. The molecule has 0 spiro atoms. The molecule has 0 aromatic carbocycles. The van der Waals surface area contributed by atoms with Gasteiger partial charge in [0, 0.05) is 17.5 Å². The molecule has 2 rings (SSSR count). The maximum Gasteiger partial charge on any atom is 0.244 e. The van der Waals surface area contributed by atoms with E-state index in [0.717, 1.165) is 13.0 Å². The Morgan fingerprint density at radius 2 is 2.25 bits per heavy atom. The highest BCUT2D eigenvalue weighted by Crippen LogP contribution is 2.34. The van der Waals surface area contributed by atoms with E-state index >= 15 is 0 Å². The van der Waals surface area contributed by atoms with E-state index in [-0.39, 0.29) is 12.1 Å². The van der Waals surface area contributed by atoms with E-state index in [1.807, 2.05) is 17.9 Å². The van der Waals surface area contributed by atoms with Crippen molar-refractivity contribution in [3.05, 3.63) is 22.4 Å². The van der Waals surface area contributed by atoms with Crippen LogP contribution in [0.4, 0.5) is 0 Å². The lowest BCUT2D eigenvalue weighted by Crippen LogP contribution is -2.45. The van der Waals surface area contributed by atoms with Crippen LogP contribution < -0.4 is 5.32 Å². The van der Waals surface area contributed by atoms with Gasteiger partial charge in [-0.2, -0.15) is 0 Å². The van der Waals surface area contributed by atoms with Crippen LogP contribution in [0.3, 0.4) is 0 Å². The van der Waals surface area contributed by atoms with Gasteiger partial charge in [0.1, 0.15) is 6.17 Å². The fraction of sp³-hybridized carbons (Fsp3) is 0.667. The second kappa shape index (κ2) is 5.84. The molecule has 1 aliphatic rings. The SMILES string of the molecule is CCC1(C)NC(c2cccs2)N(CC(C)N(C)C)C1=O. The van der Waals surface area contributed by atoms with Crippen LogP contribution in [0.5, 0.6) is 0 Å². The number of rotatable bonds is 5. The third-order valence-electron chi connectivity index (χ3n) is 4.36. The summed E-state index contributed by atoms with van der Waals surface area (Å²) in [6.45, 7) is 6.98. The number of hydrogen-bond acceptors (Lipinski definition) is 4. The predicted molar refractivity (Wildman–Crippen MR) is 83.8 cm³/mol. The van der Waals surface area contributed by atoms with Crippen LogP contribution in [0.2, 0.25) is 0 Å². The lowest BCUT2D eigenvalue weighted by molar-refractivity contribution is -0.133. The van der Waals surface area contributed by atoms with Crippen LogP contribution in [0.15, 0.2) is 17.5 Å². The molecule has 1 saturated heterocycles. The number of amides is 1. The highest BCUT2D eigenvalue weighted by molar-refractivity contribution is 7.10. The summed E-state index contributed by atoms with van der Waals surface area (Å²) in [6.07, 6.45) is 0.815. The number of thiophene rings is 1. The van der Waals surface area contributed by atoms with Crippen LogP contribution in [-0.4, -0.2) is 47.9 Å². The summed E-state index contributed by atoms with van der Waals surface area (Å²) < 4.78 is 0. The molecule has 0 bridgehead atoms. The van der Waals surface area contributed by atoms with Crippen LogP contribution in [0.1, 0.15) is 38.2 Å². The fourth-order valence-electron chi connectivity index (χ4n) is 2.44. The third kappa shape index (κ3) is 2.75. The molecule has 0 saturated carbocycles. The molecule has 1 N–H and O–H groups in total. The van der Waals surface area contributed by atoms with Gasteiger partial charge in [0.15, 0.2) is 0 Å². The number of likely N-dealkylation sites (N-methyl/N-ethyl adjacent to an activating group) is 1. The van der Waals surface area contributed by atoms with Crippen LogP contribution in [-0.2, 0) is 4.79 Å². The van der Waals surface area contributed by atoms with Crippen molar-refractivity contribution in [2.24, 2.45) is 0 Å². The van der Waals surface area contributed by atoms with Crippen molar-refractivity contribution >= 4 is 17.2 Å². The Morgan fingerprint density at radius 1 is 1.55 bits per heavy atom. The first-order chi connectivity index (χ1) is 9.39. The van der Waals surface area contributed by atoms with Crippen LogP contribution >= 0.6 is 11.3 Å². The molecule has 20 heavy (non-hydrogen) atoms. The second-order valence-corrected chi connectivity index (χ2v) is 7.00. The van der Waals surface area contributed by atoms with E-state index in [1.165, 1.54) is 4.88 Å². The van der Waals surface area contributed by atoms with Gasteiger partial charge in [-0.25, -0.2) is 0 Å². The normalized spacial score (nSPS) is 28.4. The van der Waals surface area contributed by atoms with Gasteiger partial charge in [-0.15, -0.1) is 11.3 Å². The summed E-state index contributed by atoms with van der Waals surface area (Å²) in [4.78, 5) is 18.1. The molecule has 1 amide bonds. The van der Waals surface area contributed by atoms with Crippen LogP contribution in [0.25, 0.3) is 0 Å². The molecule has 2 heterocycles. The zero-order valence-corrected chi connectivity index (χ0v) is 13.8. The van der Waals surface area contributed by atoms with Gasteiger partial charge in [0.2, 0.25) is 5.91 Å². The number of carbonyl (C=O) groups is 1. The van der Waals surface area contributed by atoms with Gasteiger partial charge < -0.3 is 9.80 Å². The molecule has 3 atom stereocenters. The summed E-state index contributed by atoms with van der Waals surface area (Å²) in [5.41, 5.74) is -0.444. The second-order valence-electron chi connectivity index (χ2n) is 6.02. The first-order valence-corrected chi connectivity index (χ1v) is 8.05. The first-order valence-electron chi connectivity index (χ1n) is 7.17. The smallest absolute Gasteiger partial charge is 0.244 e. The Labute approximate surface area is 125 Å². The van der Waals surface area contributed by atoms with Gasteiger partial charge in [0.25, 0.3) is 0 Å². The Hall–Kier alpha value is -0.910. The number of carbonyl (C=O) groups excluding carboxylic acids is 1. The van der Waals surface area contributed by atoms with Crippen LogP contribution in [0, 0.1) is 0 Å². The Morgan fingerprint density at radius 3 is 2.75 bits per heavy atom. The summed E-state index contributed by atoms with van der Waals surface area (Å²) >= 11 is 1.70. The molecule has 1 aromatic rings. The fourth-order valence-corrected chi connectivity index (χ4v) is 3.22. The van der Waals surface area contributed by atoms with Crippen molar-refractivity contribution in [1.82, 2.24) is 15.1 Å². The minimum absolute atomic E-state index is 0.00912. The van der Waals surface area contributed by atoms with Gasteiger partial charge in [-0.1, -0.05) is 13.0 Å². The van der Waals surface area contributed by atoms with Crippen molar-refractivity contribution in [2.75, 3.05) is 20.6 Å². The minimum Gasteiger partial charge on any atom is -0.319 e. The molecule has 0 radical (unpaired) electrons. The van der Waals surface area contributed by atoms with Gasteiger partial charge in [0.05, 0.1) is 5.54 Å². The molecule has 3 unspecified atom stereocenters. The van der Waals surface area contributed by atoms with E-state index in [1.54, 1.807) is 11.3 Å². The summed E-state index contributed by atoms with van der Waals surface area (Å²) in [5, 5.41) is 5.60. The standard InChI is InChI=1S/C15H25N3OS/c1-6-15(3)14(19)18(10-11(2)17(4)5)13(16-15)12-8-7-9-20-12/h7-9,11,13,16H,6,10H2,1-5H3. The molecule has 5 heteroatoms. The number of nitrogens with one attached hydrogen (secondary N) is 1. The number of nitrogens with zero attached hydrogens (tertiary/aromatic N) is 2. The molecule has 1 aliphatic heterocycles. The van der Waals surface area contributed by atoms with Crippen molar-refractivity contribution in [1.29, 1.82) is 0 Å². The Balaban J connectivity index is 2.26. The van der Waals surface area contributed by atoms with Gasteiger partial charge in [-0.05, 0) is 45.8 Å². The molecule has 0 aliphatic carbocycles. The van der Waals surface area contributed by atoms with Gasteiger partial charge in [-0.3, -0.25) is 10.1 Å².